The van der Waals surface area contributed by atoms with Gasteiger partial charge in [0.05, 0.1) is 11.5 Å². The van der Waals surface area contributed by atoms with Crippen LogP contribution in [0.5, 0.6) is 0 Å². The zero-order valence-electron chi connectivity index (χ0n) is 11.1. The van der Waals surface area contributed by atoms with E-state index in [2.05, 4.69) is 4.72 Å². The Morgan fingerprint density at radius 1 is 1.30 bits per heavy atom. The van der Waals surface area contributed by atoms with Crippen LogP contribution >= 0.6 is 11.3 Å². The van der Waals surface area contributed by atoms with Gasteiger partial charge in [0.1, 0.15) is 0 Å². The van der Waals surface area contributed by atoms with Gasteiger partial charge in [-0.15, -0.1) is 11.3 Å². The summed E-state index contributed by atoms with van der Waals surface area (Å²) in [4.78, 5) is 0.855. The summed E-state index contributed by atoms with van der Waals surface area (Å²) in [5.41, 5.74) is 1.09. The van der Waals surface area contributed by atoms with Crippen LogP contribution < -0.4 is 4.72 Å². The van der Waals surface area contributed by atoms with E-state index in [-0.39, 0.29) is 17.4 Å². The van der Waals surface area contributed by atoms with Crippen molar-refractivity contribution >= 4 is 21.4 Å². The monoisotopic (exact) mass is 311 g/mol. The van der Waals surface area contributed by atoms with Crippen molar-refractivity contribution in [1.82, 2.24) is 4.72 Å². The zero-order chi connectivity index (χ0) is 14.6. The number of hydrogen-bond donors (Lipinski definition) is 2. The van der Waals surface area contributed by atoms with Crippen molar-refractivity contribution in [3.05, 3.63) is 52.2 Å². The van der Waals surface area contributed by atoms with E-state index >= 15 is 0 Å². The van der Waals surface area contributed by atoms with E-state index in [1.807, 2.05) is 37.3 Å². The van der Waals surface area contributed by atoms with Crippen molar-refractivity contribution in [3.63, 3.8) is 0 Å². The average Bonchev–Trinajstić information content (AvgIpc) is 2.95. The van der Waals surface area contributed by atoms with Crippen LogP contribution in [0.25, 0.3) is 0 Å². The van der Waals surface area contributed by atoms with Crippen molar-refractivity contribution in [3.8, 4) is 0 Å². The first-order valence-electron chi connectivity index (χ1n) is 6.26. The normalized spacial score (nSPS) is 13.3. The van der Waals surface area contributed by atoms with E-state index in [1.165, 1.54) is 17.4 Å². The number of rotatable bonds is 6. The van der Waals surface area contributed by atoms with Gasteiger partial charge < -0.3 is 5.11 Å². The lowest BCUT2D eigenvalue weighted by Crippen LogP contribution is -2.27. The standard InChI is InChI=1S/C14H17NO3S2/c1-11(12-5-3-2-4-6-12)8-15-20(17,18)14-7-13(9-16)19-10-14/h2-7,10-11,15-16H,8-9H2,1H3. The van der Waals surface area contributed by atoms with Gasteiger partial charge in [-0.3, -0.25) is 0 Å². The lowest BCUT2D eigenvalue weighted by Gasteiger charge is -2.12. The topological polar surface area (TPSA) is 66.4 Å². The van der Waals surface area contributed by atoms with Crippen LogP contribution in [0.1, 0.15) is 23.3 Å². The molecular weight excluding hydrogens is 294 g/mol. The fraction of sp³-hybridized carbons (Fsp3) is 0.286. The molecule has 1 unspecified atom stereocenters. The Balaban J connectivity index is 2.02. The van der Waals surface area contributed by atoms with E-state index < -0.39 is 10.0 Å². The molecule has 0 aliphatic rings. The first-order valence-corrected chi connectivity index (χ1v) is 8.62. The first kappa shape index (κ1) is 15.2. The largest absolute Gasteiger partial charge is 0.391 e. The van der Waals surface area contributed by atoms with Crippen LogP contribution in [0.4, 0.5) is 0 Å². The number of aliphatic hydroxyl groups is 1. The summed E-state index contributed by atoms with van der Waals surface area (Å²) >= 11 is 1.24. The predicted molar refractivity (Wildman–Crippen MR) is 80.3 cm³/mol. The zero-order valence-corrected chi connectivity index (χ0v) is 12.7. The van der Waals surface area contributed by atoms with Gasteiger partial charge in [0.15, 0.2) is 0 Å². The molecule has 0 fully saturated rings. The Morgan fingerprint density at radius 3 is 2.60 bits per heavy atom. The Hall–Kier alpha value is -1.21. The smallest absolute Gasteiger partial charge is 0.241 e. The predicted octanol–water partition coefficient (Wildman–Crippen LogP) is 2.32. The maximum Gasteiger partial charge on any atom is 0.241 e. The molecule has 6 heteroatoms. The Labute approximate surface area is 123 Å². The number of thiophene rings is 1. The van der Waals surface area contributed by atoms with Crippen LogP contribution in [0, 0.1) is 0 Å². The molecule has 4 nitrogen and oxygen atoms in total. The fourth-order valence-electron chi connectivity index (χ4n) is 1.80. The minimum atomic E-state index is -3.50. The number of sulfonamides is 1. The third-order valence-electron chi connectivity index (χ3n) is 3.04. The first-order chi connectivity index (χ1) is 9.53. The average molecular weight is 311 g/mol. The highest BCUT2D eigenvalue weighted by molar-refractivity contribution is 7.89. The third kappa shape index (κ3) is 3.67. The molecule has 2 aromatic rings. The minimum absolute atomic E-state index is 0.0990. The van der Waals surface area contributed by atoms with Crippen LogP contribution in [-0.2, 0) is 16.6 Å². The molecule has 1 aromatic carbocycles. The van der Waals surface area contributed by atoms with Crippen LogP contribution in [0.15, 0.2) is 46.7 Å². The van der Waals surface area contributed by atoms with Crippen molar-refractivity contribution in [2.45, 2.75) is 24.3 Å². The van der Waals surface area contributed by atoms with E-state index in [0.29, 0.717) is 11.4 Å². The van der Waals surface area contributed by atoms with Crippen LogP contribution in [0.2, 0.25) is 0 Å². The van der Waals surface area contributed by atoms with Gasteiger partial charge in [-0.1, -0.05) is 37.3 Å². The van der Waals surface area contributed by atoms with E-state index in [1.54, 1.807) is 5.38 Å². The number of nitrogens with one attached hydrogen (secondary N) is 1. The molecule has 1 aromatic heterocycles. The summed E-state index contributed by atoms with van der Waals surface area (Å²) in [5.74, 6) is 0.0990. The van der Waals surface area contributed by atoms with Gasteiger partial charge in [-0.25, -0.2) is 13.1 Å². The number of benzene rings is 1. The minimum Gasteiger partial charge on any atom is -0.391 e. The van der Waals surface area contributed by atoms with E-state index in [0.717, 1.165) is 5.56 Å². The summed E-state index contributed by atoms with van der Waals surface area (Å²) in [6.45, 7) is 2.18. The second-order valence-corrected chi connectivity index (χ2v) is 7.33. The molecule has 108 valence electrons. The van der Waals surface area contributed by atoms with Gasteiger partial charge in [0, 0.05) is 16.8 Å². The maximum absolute atomic E-state index is 12.1. The van der Waals surface area contributed by atoms with E-state index in [9.17, 15) is 8.42 Å². The van der Waals surface area contributed by atoms with Gasteiger partial charge in [-0.05, 0) is 17.5 Å². The highest BCUT2D eigenvalue weighted by atomic mass is 32.2. The lowest BCUT2D eigenvalue weighted by molar-refractivity contribution is 0.285. The summed E-state index contributed by atoms with van der Waals surface area (Å²) in [5, 5.41) is 10.5. The molecular formula is C14H17NO3S2. The Morgan fingerprint density at radius 2 is 2.00 bits per heavy atom. The number of hydrogen-bond acceptors (Lipinski definition) is 4. The summed E-state index contributed by atoms with van der Waals surface area (Å²) in [6, 6.07) is 11.3. The molecule has 0 spiro atoms. The molecule has 0 radical (unpaired) electrons. The molecule has 20 heavy (non-hydrogen) atoms. The van der Waals surface area contributed by atoms with Crippen molar-refractivity contribution < 1.29 is 13.5 Å². The highest BCUT2D eigenvalue weighted by Gasteiger charge is 2.17. The van der Waals surface area contributed by atoms with Crippen LogP contribution in [0.3, 0.4) is 0 Å². The maximum atomic E-state index is 12.1. The Bertz CT molecular complexity index is 650. The second-order valence-electron chi connectivity index (χ2n) is 4.57. The molecule has 1 atom stereocenters. The fourth-order valence-corrected chi connectivity index (χ4v) is 4.07. The SMILES string of the molecule is CC(CNS(=O)(=O)c1csc(CO)c1)c1ccccc1. The molecule has 1 heterocycles. The molecule has 0 bridgehead atoms. The summed E-state index contributed by atoms with van der Waals surface area (Å²) < 4.78 is 26.8. The second kappa shape index (κ2) is 6.49. The molecule has 0 amide bonds. The summed E-state index contributed by atoms with van der Waals surface area (Å²) in [6.07, 6.45) is 0. The summed E-state index contributed by atoms with van der Waals surface area (Å²) in [7, 11) is -3.50. The molecule has 2 N–H and O–H groups in total. The van der Waals surface area contributed by atoms with Crippen molar-refractivity contribution in [2.75, 3.05) is 6.54 Å². The van der Waals surface area contributed by atoms with Gasteiger partial charge in [0.2, 0.25) is 10.0 Å². The van der Waals surface area contributed by atoms with Crippen molar-refractivity contribution in [2.24, 2.45) is 0 Å². The molecule has 0 aliphatic heterocycles. The van der Waals surface area contributed by atoms with Crippen LogP contribution in [-0.4, -0.2) is 20.1 Å². The lowest BCUT2D eigenvalue weighted by atomic mass is 10.0. The molecule has 0 aliphatic carbocycles. The van der Waals surface area contributed by atoms with E-state index in [4.69, 9.17) is 5.11 Å². The van der Waals surface area contributed by atoms with Gasteiger partial charge in [0.25, 0.3) is 0 Å². The Kier molecular flexibility index (Phi) is 4.93. The molecule has 0 saturated carbocycles. The number of aliphatic hydroxyl groups excluding tert-OH is 1. The molecule has 2 rings (SSSR count). The molecule has 0 saturated heterocycles. The third-order valence-corrected chi connectivity index (χ3v) is 5.52. The van der Waals surface area contributed by atoms with Crippen molar-refractivity contribution in [1.29, 1.82) is 0 Å². The quantitative estimate of drug-likeness (QED) is 0.860. The van der Waals surface area contributed by atoms with Gasteiger partial charge in [-0.2, -0.15) is 0 Å². The van der Waals surface area contributed by atoms with Gasteiger partial charge >= 0.3 is 0 Å². The highest BCUT2D eigenvalue weighted by Crippen LogP contribution is 2.20.